The molecule has 6 nitrogen and oxygen atoms in total. The van der Waals surface area contributed by atoms with Gasteiger partial charge < -0.3 is 4.57 Å². The summed E-state index contributed by atoms with van der Waals surface area (Å²) in [7, 11) is -4.22. The standard InChI is InChI=1S/C25H24F4N4O2S/c26-21-3-1-2-4-23(21)32-12-22(30-15-32)17-6-5-16-10-19-7-8-20(11-18(16)9-17)24(19)13-33(14-25(27,28)29)36(34,35)31-24/h1-6,9,12,15,19-20,31H,7-8,10-11,13-14H2/t19-,20+,24-/m1/s1. The van der Waals surface area contributed by atoms with Crippen LogP contribution in [0.3, 0.4) is 0 Å². The van der Waals surface area contributed by atoms with Crippen LogP contribution in [-0.2, 0) is 23.1 Å². The Morgan fingerprint density at radius 1 is 1.06 bits per heavy atom. The maximum absolute atomic E-state index is 14.2. The predicted octanol–water partition coefficient (Wildman–Crippen LogP) is 4.25. The first-order valence-electron chi connectivity index (χ1n) is 11.8. The number of halogens is 4. The molecule has 0 unspecified atom stereocenters. The van der Waals surface area contributed by atoms with E-state index in [2.05, 4.69) is 9.71 Å². The number of benzene rings is 2. The number of hydrogen-bond donors (Lipinski definition) is 1. The Morgan fingerprint density at radius 2 is 1.78 bits per heavy atom. The molecule has 11 heteroatoms. The van der Waals surface area contributed by atoms with Gasteiger partial charge in [-0.3, -0.25) is 0 Å². The van der Waals surface area contributed by atoms with E-state index in [4.69, 9.17) is 0 Å². The molecule has 1 aliphatic heterocycles. The van der Waals surface area contributed by atoms with Gasteiger partial charge in [-0.25, -0.2) is 9.37 Å². The summed E-state index contributed by atoms with van der Waals surface area (Å²) in [5.74, 6) is -0.547. The third-order valence-corrected chi connectivity index (χ3v) is 9.50. The van der Waals surface area contributed by atoms with Crippen LogP contribution in [0.15, 0.2) is 55.0 Å². The first kappa shape index (κ1) is 23.6. The maximum Gasteiger partial charge on any atom is 0.402 e. The first-order chi connectivity index (χ1) is 17.0. The summed E-state index contributed by atoms with van der Waals surface area (Å²) in [6, 6.07) is 12.4. The van der Waals surface area contributed by atoms with Gasteiger partial charge in [0.25, 0.3) is 10.2 Å². The van der Waals surface area contributed by atoms with Crippen LogP contribution in [-0.4, -0.2) is 47.1 Å². The van der Waals surface area contributed by atoms with Crippen molar-refractivity contribution in [2.24, 2.45) is 11.8 Å². The summed E-state index contributed by atoms with van der Waals surface area (Å²) < 4.78 is 83.7. The van der Waals surface area contributed by atoms with E-state index in [-0.39, 0.29) is 24.2 Å². The molecule has 3 aliphatic rings. The molecule has 3 aromatic rings. The third-order valence-electron chi connectivity index (χ3n) is 7.92. The lowest BCUT2D eigenvalue weighted by Gasteiger charge is -2.33. The summed E-state index contributed by atoms with van der Waals surface area (Å²) in [4.78, 5) is 4.45. The highest BCUT2D eigenvalue weighted by Crippen LogP contribution is 2.50. The highest BCUT2D eigenvalue weighted by Gasteiger charge is 2.60. The van der Waals surface area contributed by atoms with Crippen molar-refractivity contribution in [1.82, 2.24) is 18.6 Å². The zero-order chi connectivity index (χ0) is 25.3. The molecule has 1 saturated heterocycles. The van der Waals surface area contributed by atoms with E-state index in [0.717, 1.165) is 29.5 Å². The smallest absolute Gasteiger partial charge is 0.303 e. The second kappa shape index (κ2) is 8.12. The number of nitrogens with zero attached hydrogens (tertiary/aromatic N) is 3. The lowest BCUT2D eigenvalue weighted by Crippen LogP contribution is -2.52. The molecule has 0 amide bonds. The Hall–Kier alpha value is -2.76. The molecule has 1 spiro atoms. The maximum atomic E-state index is 14.2. The Morgan fingerprint density at radius 3 is 2.50 bits per heavy atom. The molecule has 1 aromatic heterocycles. The topological polar surface area (TPSA) is 67.2 Å². The van der Waals surface area contributed by atoms with E-state index in [1.54, 1.807) is 35.3 Å². The fourth-order valence-electron chi connectivity index (χ4n) is 6.27. The van der Waals surface area contributed by atoms with Crippen LogP contribution in [0.1, 0.15) is 24.0 Å². The van der Waals surface area contributed by atoms with Gasteiger partial charge in [-0.15, -0.1) is 0 Å². The van der Waals surface area contributed by atoms with Crippen molar-refractivity contribution < 1.29 is 26.0 Å². The zero-order valence-corrected chi connectivity index (χ0v) is 20.0. The monoisotopic (exact) mass is 520 g/mol. The van der Waals surface area contributed by atoms with E-state index < -0.39 is 28.5 Å². The first-order valence-corrected chi connectivity index (χ1v) is 13.2. The van der Waals surface area contributed by atoms with Crippen molar-refractivity contribution in [3.8, 4) is 16.9 Å². The van der Waals surface area contributed by atoms with Gasteiger partial charge in [0.15, 0.2) is 0 Å². The summed E-state index contributed by atoms with van der Waals surface area (Å²) >= 11 is 0. The van der Waals surface area contributed by atoms with Crippen LogP contribution in [0.25, 0.3) is 16.9 Å². The molecule has 36 heavy (non-hydrogen) atoms. The largest absolute Gasteiger partial charge is 0.402 e. The lowest BCUT2D eigenvalue weighted by atomic mass is 9.79. The lowest BCUT2D eigenvalue weighted by molar-refractivity contribution is -0.136. The molecule has 1 saturated carbocycles. The van der Waals surface area contributed by atoms with Gasteiger partial charge in [-0.05, 0) is 66.8 Å². The third kappa shape index (κ3) is 3.93. The summed E-state index contributed by atoms with van der Waals surface area (Å²) in [5.41, 5.74) is 3.13. The van der Waals surface area contributed by atoms with Crippen molar-refractivity contribution in [1.29, 1.82) is 0 Å². The second-order valence-electron chi connectivity index (χ2n) is 10.0. The predicted molar refractivity (Wildman–Crippen MR) is 125 cm³/mol. The molecule has 3 atom stereocenters. The van der Waals surface area contributed by atoms with Gasteiger partial charge in [0.2, 0.25) is 0 Å². The number of aromatic nitrogens is 2. The van der Waals surface area contributed by atoms with Gasteiger partial charge in [0, 0.05) is 18.3 Å². The Labute approximate surface area is 206 Å². The molecule has 2 heterocycles. The molecule has 2 bridgehead atoms. The minimum absolute atomic E-state index is 0.0807. The van der Waals surface area contributed by atoms with Gasteiger partial charge in [-0.1, -0.05) is 24.3 Å². The number of rotatable bonds is 3. The summed E-state index contributed by atoms with van der Waals surface area (Å²) in [6.45, 7) is -1.65. The van der Waals surface area contributed by atoms with E-state index in [1.165, 1.54) is 6.07 Å². The van der Waals surface area contributed by atoms with Crippen LogP contribution in [0.4, 0.5) is 17.6 Å². The highest BCUT2D eigenvalue weighted by atomic mass is 32.2. The Kier molecular flexibility index (Phi) is 5.33. The number of para-hydroxylation sites is 1. The summed E-state index contributed by atoms with van der Waals surface area (Å²) in [5, 5.41) is 0. The number of fused-ring (bicyclic) bond motifs is 1. The van der Waals surface area contributed by atoms with Crippen LogP contribution in [0.2, 0.25) is 0 Å². The van der Waals surface area contributed by atoms with Gasteiger partial charge >= 0.3 is 6.18 Å². The molecule has 2 fully saturated rings. The molecule has 0 radical (unpaired) electrons. The van der Waals surface area contributed by atoms with E-state index in [0.29, 0.717) is 28.5 Å². The van der Waals surface area contributed by atoms with E-state index in [1.807, 2.05) is 18.2 Å². The quantitative estimate of drug-likeness (QED) is 0.525. The fourth-order valence-corrected chi connectivity index (χ4v) is 7.98. The van der Waals surface area contributed by atoms with Crippen LogP contribution >= 0.6 is 0 Å². The molecular formula is C25H24F4N4O2S. The van der Waals surface area contributed by atoms with Crippen LogP contribution in [0, 0.1) is 17.7 Å². The molecule has 1 N–H and O–H groups in total. The van der Waals surface area contributed by atoms with E-state index in [9.17, 15) is 26.0 Å². The van der Waals surface area contributed by atoms with Gasteiger partial charge in [-0.2, -0.15) is 30.6 Å². The van der Waals surface area contributed by atoms with Crippen molar-refractivity contribution >= 4 is 10.2 Å². The van der Waals surface area contributed by atoms with Crippen LogP contribution in [0.5, 0.6) is 0 Å². The number of nitrogens with one attached hydrogen (secondary N) is 1. The fraction of sp³-hybridized carbons (Fsp3) is 0.400. The van der Waals surface area contributed by atoms with Crippen molar-refractivity contribution in [3.05, 3.63) is 71.9 Å². The van der Waals surface area contributed by atoms with Crippen LogP contribution < -0.4 is 4.72 Å². The molecule has 6 rings (SSSR count). The zero-order valence-electron chi connectivity index (χ0n) is 19.2. The average Bonchev–Trinajstić information content (AvgIpc) is 3.43. The number of alkyl halides is 3. The average molecular weight is 521 g/mol. The van der Waals surface area contributed by atoms with Gasteiger partial charge in [0.1, 0.15) is 18.7 Å². The second-order valence-corrected chi connectivity index (χ2v) is 11.7. The van der Waals surface area contributed by atoms with Gasteiger partial charge in [0.05, 0.1) is 16.9 Å². The SMILES string of the molecule is O=S1(=O)N[C@]2(CN1CC(F)(F)F)[C@@H]1CC[C@H]2Cc2cc(-c3cn(-c4ccccc4F)cn3)ccc2C1. The molecule has 190 valence electrons. The molecule has 2 aromatic carbocycles. The Bertz CT molecular complexity index is 1440. The minimum atomic E-state index is -4.60. The van der Waals surface area contributed by atoms with Crippen molar-refractivity contribution in [2.75, 3.05) is 13.1 Å². The number of hydrogen-bond acceptors (Lipinski definition) is 3. The molecular weight excluding hydrogens is 496 g/mol. The van der Waals surface area contributed by atoms with Crippen molar-refractivity contribution in [2.45, 2.75) is 37.4 Å². The summed E-state index contributed by atoms with van der Waals surface area (Å²) in [6.07, 6.45) is 1.38. The highest BCUT2D eigenvalue weighted by molar-refractivity contribution is 7.87. The minimum Gasteiger partial charge on any atom is -0.303 e. The Balaban J connectivity index is 1.30. The molecule has 2 aliphatic carbocycles. The van der Waals surface area contributed by atoms with E-state index >= 15 is 0 Å². The van der Waals surface area contributed by atoms with Crippen molar-refractivity contribution in [3.63, 3.8) is 0 Å². The normalized spacial score (nSPS) is 27.3. The number of imidazole rings is 1.